The second kappa shape index (κ2) is 11.6. The molecule has 2 aromatic heterocycles. The van der Waals surface area contributed by atoms with Gasteiger partial charge in [-0.15, -0.1) is 22.7 Å². The summed E-state index contributed by atoms with van der Waals surface area (Å²) in [7, 11) is -3.03. The van der Waals surface area contributed by atoms with Crippen LogP contribution in [0.3, 0.4) is 0 Å². The molecular formula is C30H26N4O5S3. The van der Waals surface area contributed by atoms with E-state index in [-0.39, 0.29) is 23.4 Å². The van der Waals surface area contributed by atoms with E-state index in [9.17, 15) is 17.8 Å². The molecular weight excluding hydrogens is 593 g/mol. The number of hydrogen-bond acceptors (Lipinski definition) is 9. The predicted octanol–water partition coefficient (Wildman–Crippen LogP) is 7.02. The molecule has 0 spiro atoms. The van der Waals surface area contributed by atoms with Crippen molar-refractivity contribution in [3.05, 3.63) is 90.0 Å². The average molecular weight is 619 g/mol. The van der Waals surface area contributed by atoms with Crippen LogP contribution in [0.5, 0.6) is 5.75 Å². The number of quaternary nitrogens is 1. The first-order valence-corrected chi connectivity index (χ1v) is 15.5. The number of fused-ring (bicyclic) bond motifs is 2. The van der Waals surface area contributed by atoms with E-state index in [4.69, 9.17) is 9.72 Å². The first-order chi connectivity index (χ1) is 19.7. The van der Waals surface area contributed by atoms with E-state index in [1.807, 2.05) is 66.7 Å². The van der Waals surface area contributed by atoms with Crippen molar-refractivity contribution in [3.8, 4) is 26.9 Å². The molecule has 0 atom stereocenters. The molecule has 0 bridgehead atoms. The summed E-state index contributed by atoms with van der Waals surface area (Å²) in [6, 6.07) is 24.0. The molecule has 5 N–H and O–H groups in total. The number of amides is 1. The van der Waals surface area contributed by atoms with Crippen LogP contribution in [0.2, 0.25) is 0 Å². The summed E-state index contributed by atoms with van der Waals surface area (Å²) in [4.78, 5) is 21.6. The number of hydrogen-bond donors (Lipinski definition) is 2. The first kappa shape index (κ1) is 29.3. The minimum absolute atomic E-state index is 0. The Labute approximate surface area is 250 Å². The number of methoxy groups -OCH3 is 1. The van der Waals surface area contributed by atoms with Crippen molar-refractivity contribution in [3.63, 3.8) is 0 Å². The Bertz CT molecular complexity index is 2030. The molecule has 9 nitrogen and oxygen atoms in total. The number of carbonyl (C=O) groups excluding carboxylic acids is 1. The number of rotatable bonds is 7. The summed E-state index contributed by atoms with van der Waals surface area (Å²) in [5.74, 6) is 0.634. The number of nitrogens with zero attached hydrogens (tertiary/aromatic N) is 2. The fraction of sp³-hybridized carbons (Fsp3) is 0.100. The highest BCUT2D eigenvalue weighted by atomic mass is 32.2. The third kappa shape index (κ3) is 5.89. The minimum Gasteiger partial charge on any atom is -0.744 e. The van der Waals surface area contributed by atoms with Crippen molar-refractivity contribution in [1.82, 2.24) is 16.1 Å². The molecule has 0 aliphatic rings. The standard InChI is InChI=1S/C30H23N3O5S3.H3N/c1-17-3-13-24-27(28(17)41(35,36)37)40-30(33-24)20-8-14-23-25(16-20)39-29(32-23)19-6-9-21(10-7-19)31-26(34)15-18-4-11-22(38-2)12-5-18;/h3-14,16H,15H2,1-2H3,(H,31,34)(H,35,36,37);1H3. The number of nitrogens with one attached hydrogen (secondary N) is 1. The highest BCUT2D eigenvalue weighted by Gasteiger charge is 2.17. The fourth-order valence-corrected chi connectivity index (χ4v) is 7.80. The van der Waals surface area contributed by atoms with E-state index in [1.165, 1.54) is 22.7 Å². The molecule has 0 aliphatic carbocycles. The quantitative estimate of drug-likeness (QED) is 0.182. The normalized spacial score (nSPS) is 11.4. The first-order valence-electron chi connectivity index (χ1n) is 12.5. The monoisotopic (exact) mass is 618 g/mol. The number of aryl methyl sites for hydroxylation is 1. The van der Waals surface area contributed by atoms with Gasteiger partial charge in [0.15, 0.2) is 0 Å². The summed E-state index contributed by atoms with van der Waals surface area (Å²) in [5, 5.41) is 4.38. The maximum absolute atomic E-state index is 12.5. The Morgan fingerprint density at radius 1 is 0.881 bits per heavy atom. The zero-order valence-electron chi connectivity index (χ0n) is 22.9. The van der Waals surface area contributed by atoms with Gasteiger partial charge in [0, 0.05) is 16.8 Å². The van der Waals surface area contributed by atoms with Gasteiger partial charge in [0.05, 0.1) is 38.9 Å². The van der Waals surface area contributed by atoms with Crippen LogP contribution in [-0.2, 0) is 21.3 Å². The maximum atomic E-state index is 12.5. The highest BCUT2D eigenvalue weighted by molar-refractivity contribution is 7.86. The van der Waals surface area contributed by atoms with Crippen molar-refractivity contribution in [2.24, 2.45) is 0 Å². The van der Waals surface area contributed by atoms with Crippen LogP contribution < -0.4 is 16.2 Å². The highest BCUT2D eigenvalue weighted by Crippen LogP contribution is 2.38. The number of aromatic nitrogens is 2. The number of anilines is 1. The summed E-state index contributed by atoms with van der Waals surface area (Å²) in [5.41, 5.74) is 5.04. The zero-order chi connectivity index (χ0) is 28.7. The Hall–Kier alpha value is -4.20. The van der Waals surface area contributed by atoms with Crippen molar-refractivity contribution >= 4 is 64.8 Å². The lowest BCUT2D eigenvalue weighted by atomic mass is 10.1. The van der Waals surface area contributed by atoms with E-state index in [1.54, 1.807) is 26.2 Å². The van der Waals surface area contributed by atoms with Crippen LogP contribution >= 0.6 is 22.7 Å². The molecule has 214 valence electrons. The second-order valence-electron chi connectivity index (χ2n) is 9.38. The van der Waals surface area contributed by atoms with Crippen molar-refractivity contribution in [2.45, 2.75) is 18.2 Å². The lowest BCUT2D eigenvalue weighted by Gasteiger charge is -2.10. The lowest BCUT2D eigenvalue weighted by molar-refractivity contribution is -0.115. The van der Waals surface area contributed by atoms with Gasteiger partial charge < -0.3 is 20.8 Å². The van der Waals surface area contributed by atoms with Gasteiger partial charge in [0.1, 0.15) is 25.9 Å². The van der Waals surface area contributed by atoms with Gasteiger partial charge in [0.2, 0.25) is 5.91 Å². The topological polar surface area (TPSA) is 158 Å². The van der Waals surface area contributed by atoms with Gasteiger partial charge in [-0.05, 0) is 78.7 Å². The van der Waals surface area contributed by atoms with Gasteiger partial charge in [-0.2, -0.15) is 0 Å². The molecule has 2 heterocycles. The summed E-state index contributed by atoms with van der Waals surface area (Å²) in [6.45, 7) is 1.61. The third-order valence-corrected chi connectivity index (χ3v) is 9.89. The number of thiazole rings is 2. The maximum Gasteiger partial charge on any atom is 0.228 e. The average Bonchev–Trinajstić information content (AvgIpc) is 3.57. The van der Waals surface area contributed by atoms with Crippen LogP contribution in [-0.4, -0.2) is 36.0 Å². The molecule has 4 aromatic carbocycles. The van der Waals surface area contributed by atoms with Crippen LogP contribution in [0.15, 0.2) is 83.8 Å². The largest absolute Gasteiger partial charge is 0.744 e. The summed E-state index contributed by atoms with van der Waals surface area (Å²) < 4.78 is 42.1. The predicted molar refractivity (Wildman–Crippen MR) is 168 cm³/mol. The van der Waals surface area contributed by atoms with Gasteiger partial charge >= 0.3 is 0 Å². The summed E-state index contributed by atoms with van der Waals surface area (Å²) in [6.07, 6.45) is 0.258. The van der Waals surface area contributed by atoms with Crippen LogP contribution in [0.1, 0.15) is 11.1 Å². The lowest BCUT2D eigenvalue weighted by Crippen LogP contribution is -2.14. The smallest absolute Gasteiger partial charge is 0.228 e. The summed E-state index contributed by atoms with van der Waals surface area (Å²) >= 11 is 2.71. The van der Waals surface area contributed by atoms with Gasteiger partial charge in [-0.3, -0.25) is 4.79 Å². The van der Waals surface area contributed by atoms with Gasteiger partial charge in [0.25, 0.3) is 0 Å². The molecule has 12 heteroatoms. The Balaban J connectivity index is 0.00000353. The third-order valence-electron chi connectivity index (χ3n) is 6.53. The molecule has 0 saturated carbocycles. The Morgan fingerprint density at radius 2 is 1.52 bits per heavy atom. The van der Waals surface area contributed by atoms with Gasteiger partial charge in [-0.25, -0.2) is 18.4 Å². The molecule has 1 amide bonds. The van der Waals surface area contributed by atoms with E-state index in [2.05, 4.69) is 10.3 Å². The SMILES string of the molecule is COc1ccc(CC(=O)Nc2ccc(-c3nc4ccc(-c5nc6ccc(C)c(S(=O)(=O)[O-])c6s5)cc4s3)cc2)cc1.[NH4+]. The fourth-order valence-electron chi connectivity index (χ4n) is 4.51. The van der Waals surface area contributed by atoms with E-state index >= 15 is 0 Å². The zero-order valence-corrected chi connectivity index (χ0v) is 25.3. The van der Waals surface area contributed by atoms with Crippen molar-refractivity contribution in [2.75, 3.05) is 12.4 Å². The number of benzene rings is 4. The molecule has 42 heavy (non-hydrogen) atoms. The molecule has 0 aliphatic heterocycles. The van der Waals surface area contributed by atoms with E-state index in [0.717, 1.165) is 37.7 Å². The molecule has 0 unspecified atom stereocenters. The van der Waals surface area contributed by atoms with Gasteiger partial charge in [-0.1, -0.05) is 18.2 Å². The van der Waals surface area contributed by atoms with Crippen LogP contribution in [0.4, 0.5) is 5.69 Å². The molecule has 6 aromatic rings. The van der Waals surface area contributed by atoms with Crippen LogP contribution in [0.25, 0.3) is 41.6 Å². The molecule has 0 saturated heterocycles. The molecule has 0 fully saturated rings. The number of carbonyl (C=O) groups is 1. The second-order valence-corrected chi connectivity index (χ2v) is 12.7. The van der Waals surface area contributed by atoms with E-state index in [0.29, 0.717) is 26.5 Å². The molecule has 0 radical (unpaired) electrons. The van der Waals surface area contributed by atoms with Crippen LogP contribution in [0, 0.1) is 6.92 Å². The number of ether oxygens (including phenoxy) is 1. The van der Waals surface area contributed by atoms with Crippen molar-refractivity contribution in [1.29, 1.82) is 0 Å². The van der Waals surface area contributed by atoms with Crippen molar-refractivity contribution < 1.29 is 22.5 Å². The molecule has 6 rings (SSSR count). The Morgan fingerprint density at radius 3 is 2.21 bits per heavy atom. The Kier molecular flexibility index (Phi) is 8.08. The van der Waals surface area contributed by atoms with E-state index < -0.39 is 10.1 Å². The minimum atomic E-state index is -4.63.